The molecule has 4 rings (SSSR count). The Morgan fingerprint density at radius 2 is 1.86 bits per heavy atom. The Kier molecular flexibility index (Phi) is 6.86. The number of hydrogen-bond donors (Lipinski definition) is 0. The molecule has 0 bridgehead atoms. The lowest BCUT2D eigenvalue weighted by Gasteiger charge is -2.28. The largest absolute Gasteiger partial charge is 0.327 e. The van der Waals surface area contributed by atoms with Gasteiger partial charge in [-0.25, -0.2) is 4.98 Å². The Morgan fingerprint density at radius 1 is 1.14 bits per heavy atom. The van der Waals surface area contributed by atoms with E-state index in [0.717, 1.165) is 5.56 Å². The molecule has 2 unspecified atom stereocenters. The molecule has 0 spiro atoms. The highest BCUT2D eigenvalue weighted by Crippen LogP contribution is 2.41. The summed E-state index contributed by atoms with van der Waals surface area (Å²) in [6, 6.07) is 14.2. The summed E-state index contributed by atoms with van der Waals surface area (Å²) in [5.74, 6) is -3.37. The maximum Gasteiger partial charge on any atom is 0.291 e. The van der Waals surface area contributed by atoms with Crippen LogP contribution < -0.4 is 0 Å². The average Bonchev–Trinajstić information content (AvgIpc) is 3.35. The van der Waals surface area contributed by atoms with Gasteiger partial charge in [0.25, 0.3) is 11.6 Å². The van der Waals surface area contributed by atoms with Gasteiger partial charge in [-0.3, -0.25) is 24.5 Å². The standard InChI is InChI=1S/C25H24N4O5S/c1-15-23(35-24(26-15)16-8-5-4-6-9-16)21(30)19-20(17-10-7-11-18(14-17)29(33)34)28(13-12-27(2)3)25(32)22(19)31/h4-11,14,19-20H,12-13H2,1-3H3. The quantitative estimate of drug-likeness (QED) is 0.155. The Morgan fingerprint density at radius 3 is 2.51 bits per heavy atom. The molecule has 0 N–H and O–H groups in total. The molecule has 1 aliphatic heterocycles. The van der Waals surface area contributed by atoms with Gasteiger partial charge in [0.05, 0.1) is 21.5 Å². The normalized spacial score (nSPS) is 17.9. The first-order valence-corrected chi connectivity index (χ1v) is 11.8. The zero-order valence-electron chi connectivity index (χ0n) is 19.5. The molecule has 0 radical (unpaired) electrons. The van der Waals surface area contributed by atoms with E-state index in [9.17, 15) is 24.5 Å². The fourth-order valence-corrected chi connectivity index (χ4v) is 5.25. The molecule has 180 valence electrons. The molecule has 3 aromatic rings. The number of rotatable bonds is 8. The molecular weight excluding hydrogens is 468 g/mol. The molecule has 35 heavy (non-hydrogen) atoms. The van der Waals surface area contributed by atoms with Crippen LogP contribution in [0.3, 0.4) is 0 Å². The Bertz CT molecular complexity index is 1300. The van der Waals surface area contributed by atoms with Crippen molar-refractivity contribution in [1.82, 2.24) is 14.8 Å². The van der Waals surface area contributed by atoms with Crippen molar-refractivity contribution in [3.8, 4) is 10.6 Å². The number of aryl methyl sites for hydroxylation is 1. The molecule has 1 aromatic heterocycles. The van der Waals surface area contributed by atoms with Crippen molar-refractivity contribution in [3.63, 3.8) is 0 Å². The van der Waals surface area contributed by atoms with E-state index in [2.05, 4.69) is 4.98 Å². The molecule has 9 nitrogen and oxygen atoms in total. The van der Waals surface area contributed by atoms with Gasteiger partial charge in [-0.15, -0.1) is 11.3 Å². The number of carbonyl (C=O) groups excluding carboxylic acids is 3. The highest BCUT2D eigenvalue weighted by atomic mass is 32.1. The van der Waals surface area contributed by atoms with E-state index in [-0.39, 0.29) is 12.2 Å². The first-order valence-electron chi connectivity index (χ1n) is 11.0. The first-order chi connectivity index (χ1) is 16.7. The van der Waals surface area contributed by atoms with Crippen LogP contribution in [0.15, 0.2) is 54.6 Å². The molecule has 1 aliphatic rings. The minimum Gasteiger partial charge on any atom is -0.327 e. The monoisotopic (exact) mass is 492 g/mol. The number of aromatic nitrogens is 1. The number of carbonyl (C=O) groups is 3. The van der Waals surface area contributed by atoms with Gasteiger partial charge in [-0.05, 0) is 26.6 Å². The molecule has 10 heteroatoms. The number of Topliss-reactive ketones (excluding diaryl/α,β-unsaturated/α-hetero) is 2. The summed E-state index contributed by atoms with van der Waals surface area (Å²) in [6.45, 7) is 2.36. The van der Waals surface area contributed by atoms with Gasteiger partial charge in [0, 0.05) is 30.8 Å². The van der Waals surface area contributed by atoms with Crippen LogP contribution in [0.1, 0.15) is 27.0 Å². The number of non-ortho nitro benzene ring substituents is 1. The van der Waals surface area contributed by atoms with E-state index >= 15 is 0 Å². The number of likely N-dealkylation sites (tertiary alicyclic amines) is 1. The number of benzene rings is 2. The molecule has 2 aromatic carbocycles. The van der Waals surface area contributed by atoms with Gasteiger partial charge in [-0.1, -0.05) is 42.5 Å². The number of thiazole rings is 1. The van der Waals surface area contributed by atoms with E-state index in [1.165, 1.54) is 34.4 Å². The van der Waals surface area contributed by atoms with Crippen molar-refractivity contribution in [3.05, 3.63) is 80.8 Å². The lowest BCUT2D eigenvalue weighted by atomic mass is 9.88. The summed E-state index contributed by atoms with van der Waals surface area (Å²) >= 11 is 1.18. The molecule has 1 saturated heterocycles. The third kappa shape index (κ3) is 4.75. The van der Waals surface area contributed by atoms with E-state index < -0.39 is 34.4 Å². The minimum absolute atomic E-state index is 0.173. The molecule has 0 aliphatic carbocycles. The average molecular weight is 493 g/mol. The molecule has 2 heterocycles. The van der Waals surface area contributed by atoms with Crippen molar-refractivity contribution in [2.45, 2.75) is 13.0 Å². The molecule has 2 atom stereocenters. The van der Waals surface area contributed by atoms with Gasteiger partial charge in [0.15, 0.2) is 5.78 Å². The van der Waals surface area contributed by atoms with Gasteiger partial charge in [0.2, 0.25) is 5.78 Å². The Balaban J connectivity index is 1.78. The topological polar surface area (TPSA) is 114 Å². The number of ketones is 2. The summed E-state index contributed by atoms with van der Waals surface area (Å²) < 4.78 is 0. The summed E-state index contributed by atoms with van der Waals surface area (Å²) in [5.41, 5.74) is 1.52. The SMILES string of the molecule is Cc1nc(-c2ccccc2)sc1C(=O)C1C(=O)C(=O)N(CCN(C)C)C1c1cccc([N+](=O)[O-])c1. The van der Waals surface area contributed by atoms with Crippen LogP contribution in [0, 0.1) is 23.0 Å². The second-order valence-electron chi connectivity index (χ2n) is 8.60. The summed E-state index contributed by atoms with van der Waals surface area (Å²) in [4.78, 5) is 58.9. The number of nitrogens with zero attached hydrogens (tertiary/aromatic N) is 4. The van der Waals surface area contributed by atoms with Crippen LogP contribution in [0.25, 0.3) is 10.6 Å². The van der Waals surface area contributed by atoms with Crippen molar-refractivity contribution in [2.75, 3.05) is 27.2 Å². The fourth-order valence-electron chi connectivity index (χ4n) is 4.20. The highest BCUT2D eigenvalue weighted by Gasteiger charge is 2.52. The van der Waals surface area contributed by atoms with Crippen LogP contribution in [-0.4, -0.2) is 64.4 Å². The van der Waals surface area contributed by atoms with Gasteiger partial charge >= 0.3 is 0 Å². The third-order valence-electron chi connectivity index (χ3n) is 5.94. The lowest BCUT2D eigenvalue weighted by Crippen LogP contribution is -2.36. The summed E-state index contributed by atoms with van der Waals surface area (Å²) in [7, 11) is 3.66. The van der Waals surface area contributed by atoms with Crippen molar-refractivity contribution >= 4 is 34.5 Å². The second kappa shape index (κ2) is 9.85. The fraction of sp³-hybridized carbons (Fsp3) is 0.280. The van der Waals surface area contributed by atoms with Crippen molar-refractivity contribution in [1.29, 1.82) is 0 Å². The van der Waals surface area contributed by atoms with Crippen molar-refractivity contribution in [2.24, 2.45) is 5.92 Å². The summed E-state index contributed by atoms with van der Waals surface area (Å²) in [6.07, 6.45) is 0. The Labute approximate surface area is 206 Å². The van der Waals surface area contributed by atoms with Crippen LogP contribution >= 0.6 is 11.3 Å². The van der Waals surface area contributed by atoms with Gasteiger partial charge < -0.3 is 9.80 Å². The maximum atomic E-state index is 13.8. The van der Waals surface area contributed by atoms with Crippen molar-refractivity contribution < 1.29 is 19.3 Å². The maximum absolute atomic E-state index is 13.8. The summed E-state index contributed by atoms with van der Waals surface area (Å²) in [5, 5.41) is 12.0. The zero-order valence-corrected chi connectivity index (χ0v) is 20.3. The van der Waals surface area contributed by atoms with E-state index in [4.69, 9.17) is 0 Å². The van der Waals surface area contributed by atoms with Gasteiger partial charge in [0.1, 0.15) is 10.9 Å². The van der Waals surface area contributed by atoms with Crippen LogP contribution in [-0.2, 0) is 9.59 Å². The molecule has 1 amide bonds. The third-order valence-corrected chi connectivity index (χ3v) is 7.16. The van der Waals surface area contributed by atoms with E-state index in [0.29, 0.717) is 27.7 Å². The number of amides is 1. The molecular formula is C25H24N4O5S. The van der Waals surface area contributed by atoms with Crippen LogP contribution in [0.2, 0.25) is 0 Å². The molecule has 1 fully saturated rings. The van der Waals surface area contributed by atoms with E-state index in [1.807, 2.05) is 49.3 Å². The smallest absolute Gasteiger partial charge is 0.291 e. The zero-order chi connectivity index (χ0) is 25.3. The molecule has 0 saturated carbocycles. The second-order valence-corrected chi connectivity index (χ2v) is 9.60. The number of likely N-dealkylation sites (N-methyl/N-ethyl adjacent to an activating group) is 1. The Hall–Kier alpha value is -3.76. The van der Waals surface area contributed by atoms with Gasteiger partial charge in [-0.2, -0.15) is 0 Å². The highest BCUT2D eigenvalue weighted by molar-refractivity contribution is 7.17. The number of nitro groups is 1. The predicted octanol–water partition coefficient (Wildman–Crippen LogP) is 3.54. The van der Waals surface area contributed by atoms with E-state index in [1.54, 1.807) is 13.0 Å². The lowest BCUT2D eigenvalue weighted by molar-refractivity contribution is -0.385. The van der Waals surface area contributed by atoms with Crippen LogP contribution in [0.5, 0.6) is 0 Å². The first kappa shape index (κ1) is 24.4. The minimum atomic E-state index is -1.31. The number of hydrogen-bond acceptors (Lipinski definition) is 8. The van der Waals surface area contributed by atoms with Crippen LogP contribution in [0.4, 0.5) is 5.69 Å². The predicted molar refractivity (Wildman–Crippen MR) is 131 cm³/mol. The number of nitro benzene ring substituents is 1.